The number of halogens is 1. The van der Waals surface area contributed by atoms with Crippen LogP contribution in [0.2, 0.25) is 0 Å². The molecule has 0 aliphatic heterocycles. The van der Waals surface area contributed by atoms with Crippen LogP contribution in [0.25, 0.3) is 0 Å². The lowest BCUT2D eigenvalue weighted by Crippen LogP contribution is -2.08. The summed E-state index contributed by atoms with van der Waals surface area (Å²) in [6.45, 7) is 2.49. The molecule has 3 aromatic rings. The fourth-order valence-corrected chi connectivity index (χ4v) is 2.50. The Morgan fingerprint density at radius 3 is 2.64 bits per heavy atom. The second-order valence-corrected chi connectivity index (χ2v) is 5.89. The number of aromatic nitrogens is 2. The number of benzene rings is 2. The fraction of sp³-hybridized carbons (Fsp3) is 0.150. The number of nitrogens with one attached hydrogen (secondary N) is 2. The van der Waals surface area contributed by atoms with Crippen LogP contribution in [0.4, 0.5) is 27.4 Å². The van der Waals surface area contributed by atoms with Gasteiger partial charge in [0.15, 0.2) is 11.6 Å². The first kappa shape index (κ1) is 19.1. The van der Waals surface area contributed by atoms with Crippen molar-refractivity contribution in [2.24, 2.45) is 0 Å². The lowest BCUT2D eigenvalue weighted by Gasteiger charge is -2.13. The van der Waals surface area contributed by atoms with Crippen LogP contribution in [-0.2, 0) is 11.3 Å². The van der Waals surface area contributed by atoms with Crippen molar-refractivity contribution in [3.05, 3.63) is 71.8 Å². The Balaban J connectivity index is 1.73. The number of hydrogen-bond acceptors (Lipinski definition) is 7. The van der Waals surface area contributed by atoms with Gasteiger partial charge in [0.05, 0.1) is 12.2 Å². The Hall–Kier alpha value is -3.68. The highest BCUT2D eigenvalue weighted by Gasteiger charge is 2.11. The van der Waals surface area contributed by atoms with Crippen LogP contribution in [0, 0.1) is 5.82 Å². The predicted octanol–water partition coefficient (Wildman–Crippen LogP) is 3.73. The van der Waals surface area contributed by atoms with E-state index in [9.17, 15) is 9.18 Å². The summed E-state index contributed by atoms with van der Waals surface area (Å²) in [6.07, 6.45) is 1.38. The summed E-state index contributed by atoms with van der Waals surface area (Å²) in [7, 11) is 0. The van der Waals surface area contributed by atoms with Gasteiger partial charge in [-0.05, 0) is 42.8 Å². The van der Waals surface area contributed by atoms with Crippen molar-refractivity contribution in [2.45, 2.75) is 13.5 Å². The van der Waals surface area contributed by atoms with E-state index in [2.05, 4.69) is 20.6 Å². The van der Waals surface area contributed by atoms with Gasteiger partial charge in [-0.15, -0.1) is 0 Å². The summed E-state index contributed by atoms with van der Waals surface area (Å²) in [5, 5.41) is 6.19. The quantitative estimate of drug-likeness (QED) is 0.536. The standard InChI is InChI=1S/C20H20FN5O2/c1-2-28-20(27)14-4-3-5-16(10-14)26-19-17(22)18(24-12-25-19)23-11-13-6-8-15(21)9-7-13/h3-10,12H,2,11,22H2,1H3,(H2,23,24,25,26). The van der Waals surface area contributed by atoms with Gasteiger partial charge in [0.1, 0.15) is 17.8 Å². The lowest BCUT2D eigenvalue weighted by atomic mass is 10.2. The van der Waals surface area contributed by atoms with Gasteiger partial charge in [0, 0.05) is 12.2 Å². The van der Waals surface area contributed by atoms with E-state index in [4.69, 9.17) is 10.5 Å². The summed E-state index contributed by atoms with van der Waals surface area (Å²) in [6, 6.07) is 13.0. The molecule has 0 atom stereocenters. The topological polar surface area (TPSA) is 102 Å². The molecule has 0 saturated carbocycles. The molecule has 7 nitrogen and oxygen atoms in total. The smallest absolute Gasteiger partial charge is 0.338 e. The van der Waals surface area contributed by atoms with E-state index in [1.54, 1.807) is 43.3 Å². The number of ether oxygens (including phenoxy) is 1. The lowest BCUT2D eigenvalue weighted by molar-refractivity contribution is 0.0526. The summed E-state index contributed by atoms with van der Waals surface area (Å²) in [5.41, 5.74) is 8.44. The first-order valence-electron chi connectivity index (χ1n) is 8.70. The zero-order valence-corrected chi connectivity index (χ0v) is 15.3. The van der Waals surface area contributed by atoms with Crippen molar-refractivity contribution in [3.63, 3.8) is 0 Å². The SMILES string of the molecule is CCOC(=O)c1cccc(Nc2ncnc(NCc3ccc(F)cc3)c2N)c1. The van der Waals surface area contributed by atoms with E-state index >= 15 is 0 Å². The fourth-order valence-electron chi connectivity index (χ4n) is 2.50. The maximum Gasteiger partial charge on any atom is 0.338 e. The monoisotopic (exact) mass is 381 g/mol. The molecule has 0 saturated heterocycles. The molecular weight excluding hydrogens is 361 g/mol. The van der Waals surface area contributed by atoms with Gasteiger partial charge in [0.2, 0.25) is 0 Å². The van der Waals surface area contributed by atoms with Gasteiger partial charge in [-0.3, -0.25) is 0 Å². The number of anilines is 4. The molecule has 3 rings (SSSR count). The third-order valence-electron chi connectivity index (χ3n) is 3.89. The molecule has 0 amide bonds. The van der Waals surface area contributed by atoms with Crippen LogP contribution >= 0.6 is 0 Å². The highest BCUT2D eigenvalue weighted by molar-refractivity contribution is 5.91. The number of nitrogens with two attached hydrogens (primary N) is 1. The summed E-state index contributed by atoms with van der Waals surface area (Å²) in [4.78, 5) is 20.2. The molecule has 0 aliphatic rings. The Labute approximate surface area is 161 Å². The van der Waals surface area contributed by atoms with E-state index in [1.165, 1.54) is 18.5 Å². The molecule has 28 heavy (non-hydrogen) atoms. The first-order chi connectivity index (χ1) is 13.6. The van der Waals surface area contributed by atoms with Crippen LogP contribution in [-0.4, -0.2) is 22.5 Å². The van der Waals surface area contributed by atoms with Crippen molar-refractivity contribution in [1.29, 1.82) is 0 Å². The number of carbonyl (C=O) groups is 1. The van der Waals surface area contributed by atoms with Crippen molar-refractivity contribution < 1.29 is 13.9 Å². The third kappa shape index (κ3) is 4.73. The minimum absolute atomic E-state index is 0.290. The maximum absolute atomic E-state index is 13.0. The Morgan fingerprint density at radius 2 is 1.89 bits per heavy atom. The summed E-state index contributed by atoms with van der Waals surface area (Å²) in [5.74, 6) is 0.159. The van der Waals surface area contributed by atoms with E-state index in [0.717, 1.165) is 5.56 Å². The van der Waals surface area contributed by atoms with E-state index in [1.807, 2.05) is 0 Å². The molecule has 2 aromatic carbocycles. The third-order valence-corrected chi connectivity index (χ3v) is 3.89. The molecule has 1 aromatic heterocycles. The molecule has 0 fully saturated rings. The number of nitrogens with zero attached hydrogens (tertiary/aromatic N) is 2. The minimum Gasteiger partial charge on any atom is -0.462 e. The van der Waals surface area contributed by atoms with Crippen LogP contribution in [0.5, 0.6) is 0 Å². The first-order valence-corrected chi connectivity index (χ1v) is 8.70. The molecule has 0 radical (unpaired) electrons. The van der Waals surface area contributed by atoms with Gasteiger partial charge < -0.3 is 21.1 Å². The summed E-state index contributed by atoms with van der Waals surface area (Å²) >= 11 is 0. The van der Waals surface area contributed by atoms with Crippen molar-refractivity contribution in [1.82, 2.24) is 9.97 Å². The summed E-state index contributed by atoms with van der Waals surface area (Å²) < 4.78 is 18.0. The van der Waals surface area contributed by atoms with Crippen molar-refractivity contribution in [3.8, 4) is 0 Å². The van der Waals surface area contributed by atoms with E-state index < -0.39 is 5.97 Å². The largest absolute Gasteiger partial charge is 0.462 e. The molecule has 144 valence electrons. The minimum atomic E-state index is -0.400. The normalized spacial score (nSPS) is 10.4. The number of rotatable bonds is 7. The molecule has 0 unspecified atom stereocenters. The van der Waals surface area contributed by atoms with Crippen molar-refractivity contribution in [2.75, 3.05) is 23.0 Å². The van der Waals surface area contributed by atoms with Gasteiger partial charge in [0.25, 0.3) is 0 Å². The second kappa shape index (κ2) is 8.81. The van der Waals surface area contributed by atoms with E-state index in [0.29, 0.717) is 41.7 Å². The van der Waals surface area contributed by atoms with Gasteiger partial charge in [-0.1, -0.05) is 18.2 Å². The second-order valence-electron chi connectivity index (χ2n) is 5.89. The van der Waals surface area contributed by atoms with Gasteiger partial charge in [-0.25, -0.2) is 19.2 Å². The zero-order valence-electron chi connectivity index (χ0n) is 15.3. The Morgan fingerprint density at radius 1 is 1.14 bits per heavy atom. The van der Waals surface area contributed by atoms with Crippen LogP contribution < -0.4 is 16.4 Å². The van der Waals surface area contributed by atoms with Crippen LogP contribution in [0.3, 0.4) is 0 Å². The maximum atomic E-state index is 13.0. The highest BCUT2D eigenvalue weighted by atomic mass is 19.1. The average Bonchev–Trinajstić information content (AvgIpc) is 2.70. The van der Waals surface area contributed by atoms with Gasteiger partial charge >= 0.3 is 5.97 Å². The molecule has 4 N–H and O–H groups in total. The average molecular weight is 381 g/mol. The molecule has 8 heteroatoms. The van der Waals surface area contributed by atoms with Gasteiger partial charge in [-0.2, -0.15) is 0 Å². The number of esters is 1. The van der Waals surface area contributed by atoms with E-state index in [-0.39, 0.29) is 5.82 Å². The van der Waals surface area contributed by atoms with Crippen LogP contribution in [0.1, 0.15) is 22.8 Å². The number of nitrogen functional groups attached to an aromatic ring is 1. The number of hydrogen-bond donors (Lipinski definition) is 3. The van der Waals surface area contributed by atoms with Crippen LogP contribution in [0.15, 0.2) is 54.9 Å². The van der Waals surface area contributed by atoms with Crippen molar-refractivity contribution >= 4 is 29.0 Å². The molecular formula is C20H20FN5O2. The molecule has 0 spiro atoms. The zero-order chi connectivity index (χ0) is 19.9. The molecule has 1 heterocycles. The Bertz CT molecular complexity index is 963. The predicted molar refractivity (Wildman–Crippen MR) is 106 cm³/mol. The molecule has 0 aliphatic carbocycles. The highest BCUT2D eigenvalue weighted by Crippen LogP contribution is 2.26. The number of carbonyl (C=O) groups excluding carboxylic acids is 1. The molecule has 0 bridgehead atoms. The Kier molecular flexibility index (Phi) is 6.01.